The van der Waals surface area contributed by atoms with Crippen molar-refractivity contribution in [3.05, 3.63) is 35.9 Å². The number of aliphatic hydroxyl groups is 2. The molecule has 4 nitrogen and oxygen atoms in total. The number of hydrogen-bond acceptors (Lipinski definition) is 4. The van der Waals surface area contributed by atoms with E-state index in [1.165, 1.54) is 6.92 Å². The lowest BCUT2D eigenvalue weighted by molar-refractivity contribution is -0.214. The molecule has 0 heterocycles. The van der Waals surface area contributed by atoms with Crippen molar-refractivity contribution in [2.24, 2.45) is 11.5 Å². The van der Waals surface area contributed by atoms with E-state index in [4.69, 9.17) is 11.5 Å². The largest absolute Gasteiger partial charge is 0.359 e. The van der Waals surface area contributed by atoms with Crippen molar-refractivity contribution in [3.63, 3.8) is 0 Å². The zero-order valence-corrected chi connectivity index (χ0v) is 7.44. The van der Waals surface area contributed by atoms with E-state index in [9.17, 15) is 10.2 Å². The Kier molecular flexibility index (Phi) is 2.40. The van der Waals surface area contributed by atoms with E-state index >= 15 is 0 Å². The van der Waals surface area contributed by atoms with E-state index in [-0.39, 0.29) is 5.56 Å². The summed E-state index contributed by atoms with van der Waals surface area (Å²) < 4.78 is 0. The van der Waals surface area contributed by atoms with Crippen molar-refractivity contribution < 1.29 is 10.2 Å². The third-order valence-electron chi connectivity index (χ3n) is 1.93. The summed E-state index contributed by atoms with van der Waals surface area (Å²) in [6, 6.07) is 8.24. The van der Waals surface area contributed by atoms with Crippen LogP contribution < -0.4 is 11.5 Å². The summed E-state index contributed by atoms with van der Waals surface area (Å²) >= 11 is 0. The van der Waals surface area contributed by atoms with Crippen LogP contribution in [0.2, 0.25) is 0 Å². The van der Waals surface area contributed by atoms with E-state index in [0.29, 0.717) is 0 Å². The summed E-state index contributed by atoms with van der Waals surface area (Å²) in [4.78, 5) is 0. The minimum Gasteiger partial charge on any atom is -0.359 e. The van der Waals surface area contributed by atoms with Gasteiger partial charge in [0, 0.05) is 5.56 Å². The second-order valence-corrected chi connectivity index (χ2v) is 3.32. The Hall–Kier alpha value is -0.940. The van der Waals surface area contributed by atoms with E-state index < -0.39 is 11.4 Å². The van der Waals surface area contributed by atoms with Gasteiger partial charge < -0.3 is 21.7 Å². The van der Waals surface area contributed by atoms with Gasteiger partial charge in [0.05, 0.1) is 0 Å². The minimum absolute atomic E-state index is 0.280. The molecule has 0 aliphatic heterocycles. The summed E-state index contributed by atoms with van der Waals surface area (Å²) in [7, 11) is 0. The van der Waals surface area contributed by atoms with Crippen molar-refractivity contribution >= 4 is 0 Å². The van der Waals surface area contributed by atoms with E-state index in [0.717, 1.165) is 0 Å². The predicted octanol–water partition coefficient (Wildman–Crippen LogP) is -0.542. The Morgan fingerprint density at radius 3 is 1.92 bits per heavy atom. The fourth-order valence-electron chi connectivity index (χ4n) is 0.982. The molecule has 72 valence electrons. The van der Waals surface area contributed by atoms with Gasteiger partial charge in [-0.2, -0.15) is 0 Å². The molecule has 1 rings (SSSR count). The highest BCUT2D eigenvalue weighted by Crippen LogP contribution is 2.24. The molecule has 0 fully saturated rings. The predicted molar refractivity (Wildman–Crippen MR) is 49.3 cm³/mol. The molecule has 0 amide bonds. The molecule has 0 spiro atoms. The first kappa shape index (κ1) is 10.1. The summed E-state index contributed by atoms with van der Waals surface area (Å²) in [5, 5.41) is 19.3. The maximum atomic E-state index is 9.63. The van der Waals surface area contributed by atoms with Crippen LogP contribution in [0.4, 0.5) is 0 Å². The Bertz CT molecular complexity index is 277. The van der Waals surface area contributed by atoms with Gasteiger partial charge in [-0.15, -0.1) is 0 Å². The third kappa shape index (κ3) is 1.87. The van der Waals surface area contributed by atoms with Crippen molar-refractivity contribution in [2.45, 2.75) is 18.4 Å². The summed E-state index contributed by atoms with van der Waals surface area (Å²) in [6.45, 7) is 1.35. The summed E-state index contributed by atoms with van der Waals surface area (Å²) in [5.74, 6) is -2.21. The number of hydrogen-bond donors (Lipinski definition) is 4. The van der Waals surface area contributed by atoms with Crippen molar-refractivity contribution in [3.8, 4) is 0 Å². The quantitative estimate of drug-likeness (QED) is 0.462. The summed E-state index contributed by atoms with van der Waals surface area (Å²) in [6.07, 6.45) is 0. The van der Waals surface area contributed by atoms with E-state index in [1.54, 1.807) is 30.3 Å². The van der Waals surface area contributed by atoms with Gasteiger partial charge in [0.25, 0.3) is 0 Å². The van der Waals surface area contributed by atoms with Crippen LogP contribution in [0, 0.1) is 0 Å². The number of nitrogens with two attached hydrogens (primary N) is 2. The van der Waals surface area contributed by atoms with Gasteiger partial charge in [-0.25, -0.2) is 0 Å². The standard InChI is InChI=1S/C9H14N2O2/c1-8(10,11)9(12,13)7-5-3-2-4-6-7/h2-6,12-13H,10-11H2,1H3. The molecule has 0 aromatic heterocycles. The fraction of sp³-hybridized carbons (Fsp3) is 0.333. The summed E-state index contributed by atoms with van der Waals surface area (Å²) in [5.41, 5.74) is 9.54. The first-order valence-electron chi connectivity index (χ1n) is 3.94. The highest BCUT2D eigenvalue weighted by Gasteiger charge is 2.41. The Labute approximate surface area is 76.8 Å². The molecule has 1 aromatic rings. The van der Waals surface area contributed by atoms with Crippen LogP contribution in [-0.4, -0.2) is 15.9 Å². The Morgan fingerprint density at radius 2 is 1.54 bits per heavy atom. The van der Waals surface area contributed by atoms with Crippen LogP contribution in [-0.2, 0) is 5.79 Å². The van der Waals surface area contributed by atoms with Crippen LogP contribution in [0.25, 0.3) is 0 Å². The first-order chi connectivity index (χ1) is 5.86. The highest BCUT2D eigenvalue weighted by molar-refractivity contribution is 5.22. The first-order valence-corrected chi connectivity index (χ1v) is 3.94. The fourth-order valence-corrected chi connectivity index (χ4v) is 0.982. The Balaban J connectivity index is 3.08. The molecule has 0 aliphatic rings. The molecule has 4 heteroatoms. The van der Waals surface area contributed by atoms with Gasteiger partial charge in [-0.3, -0.25) is 0 Å². The van der Waals surface area contributed by atoms with Gasteiger partial charge in [0.2, 0.25) is 5.79 Å². The van der Waals surface area contributed by atoms with Crippen molar-refractivity contribution in [1.82, 2.24) is 0 Å². The molecule has 0 saturated carbocycles. The topological polar surface area (TPSA) is 92.5 Å². The molecule has 0 radical (unpaired) electrons. The van der Waals surface area contributed by atoms with Crippen LogP contribution in [0.5, 0.6) is 0 Å². The highest BCUT2D eigenvalue weighted by atomic mass is 16.5. The van der Waals surface area contributed by atoms with Gasteiger partial charge in [-0.1, -0.05) is 30.3 Å². The molecule has 13 heavy (non-hydrogen) atoms. The third-order valence-corrected chi connectivity index (χ3v) is 1.93. The average Bonchev–Trinajstić information content (AvgIpc) is 2.04. The van der Waals surface area contributed by atoms with Crippen LogP contribution in [0.3, 0.4) is 0 Å². The van der Waals surface area contributed by atoms with Crippen LogP contribution in [0.15, 0.2) is 30.3 Å². The van der Waals surface area contributed by atoms with Crippen LogP contribution in [0.1, 0.15) is 12.5 Å². The molecule has 0 aliphatic carbocycles. The molecule has 0 unspecified atom stereocenters. The van der Waals surface area contributed by atoms with E-state index in [1.807, 2.05) is 0 Å². The zero-order chi connectivity index (χ0) is 10.1. The van der Waals surface area contributed by atoms with Gasteiger partial charge in [0.15, 0.2) is 0 Å². The monoisotopic (exact) mass is 182 g/mol. The minimum atomic E-state index is -2.21. The smallest absolute Gasteiger partial charge is 0.221 e. The maximum Gasteiger partial charge on any atom is 0.221 e. The number of rotatable bonds is 2. The molecule has 0 bridgehead atoms. The molecular weight excluding hydrogens is 168 g/mol. The molecule has 6 N–H and O–H groups in total. The normalized spacial score (nSPS) is 13.0. The molecule has 1 aromatic carbocycles. The average molecular weight is 182 g/mol. The van der Waals surface area contributed by atoms with Crippen molar-refractivity contribution in [1.29, 1.82) is 0 Å². The van der Waals surface area contributed by atoms with Crippen molar-refractivity contribution in [2.75, 3.05) is 0 Å². The lowest BCUT2D eigenvalue weighted by Crippen LogP contribution is -2.63. The number of benzene rings is 1. The molecule has 0 saturated heterocycles. The molecular formula is C9H14N2O2. The second kappa shape index (κ2) is 3.08. The van der Waals surface area contributed by atoms with Gasteiger partial charge >= 0.3 is 0 Å². The van der Waals surface area contributed by atoms with Crippen LogP contribution >= 0.6 is 0 Å². The maximum absolute atomic E-state index is 9.63. The van der Waals surface area contributed by atoms with Gasteiger partial charge in [0.1, 0.15) is 5.66 Å². The molecule has 0 atom stereocenters. The second-order valence-electron chi connectivity index (χ2n) is 3.32. The zero-order valence-electron chi connectivity index (χ0n) is 7.44. The lowest BCUT2D eigenvalue weighted by Gasteiger charge is -2.34. The van der Waals surface area contributed by atoms with Gasteiger partial charge in [-0.05, 0) is 6.92 Å². The lowest BCUT2D eigenvalue weighted by atomic mass is 9.95. The SMILES string of the molecule is CC(N)(N)C(O)(O)c1ccccc1. The Morgan fingerprint density at radius 1 is 1.08 bits per heavy atom. The van der Waals surface area contributed by atoms with E-state index in [2.05, 4.69) is 0 Å².